The number of nitrogens with one attached hydrogen (secondary N) is 1. The van der Waals surface area contributed by atoms with E-state index in [9.17, 15) is 0 Å². The first-order valence-corrected chi connectivity index (χ1v) is 29.9. The van der Waals surface area contributed by atoms with Crippen molar-refractivity contribution in [3.63, 3.8) is 0 Å². The third-order valence-electron chi connectivity index (χ3n) is 15.3. The molecule has 2 aromatic rings. The van der Waals surface area contributed by atoms with Crippen LogP contribution < -0.4 is 43.2 Å². The molecule has 0 aromatic heterocycles. The molecule has 0 bridgehead atoms. The zero-order valence-corrected chi connectivity index (χ0v) is 57.2. The summed E-state index contributed by atoms with van der Waals surface area (Å²) in [6.07, 6.45) is 39.7. The fraction of sp³-hybridized carbons (Fsp3) is 0.577. The summed E-state index contributed by atoms with van der Waals surface area (Å²) in [7, 11) is 13.1. The lowest BCUT2D eigenvalue weighted by Crippen LogP contribution is -2.32. The van der Waals surface area contributed by atoms with Crippen LogP contribution in [-0.4, -0.2) is 81.4 Å². The van der Waals surface area contributed by atoms with Crippen molar-refractivity contribution < 1.29 is 37.9 Å². The van der Waals surface area contributed by atoms with Crippen LogP contribution in [0, 0.1) is 13.8 Å². The van der Waals surface area contributed by atoms with Crippen molar-refractivity contribution in [1.82, 2.24) is 10.2 Å². The average Bonchev–Trinajstić information content (AvgIpc) is 3.57. The summed E-state index contributed by atoms with van der Waals surface area (Å²) in [5.41, 5.74) is 17.0. The van der Waals surface area contributed by atoms with E-state index >= 15 is 0 Å². The zero-order valence-electron chi connectivity index (χ0n) is 55.6. The molecule has 0 fully saturated rings. The van der Waals surface area contributed by atoms with Crippen LogP contribution in [0.3, 0.4) is 0 Å². The maximum absolute atomic E-state index is 6.01. The third kappa shape index (κ3) is 28.6. The predicted molar refractivity (Wildman–Crippen MR) is 360 cm³/mol. The van der Waals surface area contributed by atoms with Crippen LogP contribution in [0.2, 0.25) is 0 Å². The molecule has 0 heterocycles. The van der Waals surface area contributed by atoms with E-state index in [2.05, 4.69) is 134 Å². The van der Waals surface area contributed by atoms with Gasteiger partial charge in [0.1, 0.15) is 0 Å². The Labute approximate surface area is 518 Å². The largest absolute Gasteiger partial charge is 0.492 e. The topological polar surface area (TPSA) is 89.1 Å². The molecule has 0 aliphatic heterocycles. The lowest BCUT2D eigenvalue weighted by Gasteiger charge is -2.27. The van der Waals surface area contributed by atoms with Crippen molar-refractivity contribution >= 4 is 24.8 Å². The van der Waals surface area contributed by atoms with Gasteiger partial charge < -0.3 is 43.2 Å². The smallest absolute Gasteiger partial charge is 0.207 e. The molecule has 0 spiro atoms. The van der Waals surface area contributed by atoms with Gasteiger partial charge in [0.25, 0.3) is 0 Å². The summed E-state index contributed by atoms with van der Waals surface area (Å²) in [5.74, 6) is 4.54. The monoisotopic (exact) mass is 1190 g/mol. The number of halogens is 2. The van der Waals surface area contributed by atoms with Gasteiger partial charge in [-0.15, -0.1) is 24.8 Å². The van der Waals surface area contributed by atoms with E-state index in [1.807, 2.05) is 13.8 Å². The highest BCUT2D eigenvalue weighted by atomic mass is 35.5. The second-order valence-corrected chi connectivity index (χ2v) is 22.4. The zero-order chi connectivity index (χ0) is 60.3. The molecule has 0 saturated heterocycles. The molecule has 0 atom stereocenters. The van der Waals surface area contributed by atoms with E-state index in [0.29, 0.717) is 65.6 Å². The minimum atomic E-state index is 0. The number of hydrogen-bond acceptors (Lipinski definition) is 10. The minimum absolute atomic E-state index is 0. The van der Waals surface area contributed by atoms with Crippen molar-refractivity contribution in [3.05, 3.63) is 127 Å². The molecular formula is C71H114Cl2N2O8. The van der Waals surface area contributed by atoms with Crippen LogP contribution in [0.1, 0.15) is 194 Å². The van der Waals surface area contributed by atoms with E-state index in [1.54, 1.807) is 56.9 Å². The first-order valence-electron chi connectivity index (χ1n) is 29.9. The first-order chi connectivity index (χ1) is 38.8. The normalized spacial score (nSPS) is 12.9. The van der Waals surface area contributed by atoms with Gasteiger partial charge in [0.05, 0.1) is 56.9 Å². The second kappa shape index (κ2) is 44.5. The summed E-state index contributed by atoms with van der Waals surface area (Å²) in [6, 6.07) is 0. The van der Waals surface area contributed by atoms with Crippen LogP contribution in [0.4, 0.5) is 0 Å². The highest BCUT2D eigenvalue weighted by Gasteiger charge is 2.28. The van der Waals surface area contributed by atoms with Gasteiger partial charge in [-0.1, -0.05) is 105 Å². The van der Waals surface area contributed by atoms with Gasteiger partial charge in [-0.25, -0.2) is 0 Å². The summed E-state index contributed by atoms with van der Waals surface area (Å²) in [4.78, 5) is 2.41. The Kier molecular flexibility index (Phi) is 41.8. The standard InChI is InChI=1S/C71H112N2O8.2ClH/c1-51(2)29-21-30-52(3)31-22-32-53(4)33-23-34-54(5)35-24-36-55(6)37-25-38-56(7)39-26-40-57(8)41-27-42-58(9)43-28-44-59(10)45-47-73(50-63-61(12)65(75-14)69(79-18)71(81-20)67(63)77-16)48-46-72-49-62-60(11)64(74-13)68(78-17)70(80-19)66(62)76-15;;/h29,31,33,35,37,39,41,43,45,72H,21-28,30,32,34,36,38,40,42,44,46-50H2,1-20H3;2*1H/b52-31+,53-33+,54-35+,55-37+,56-39+,57-41+,58-43+,59-45+;;. The molecular weight excluding hydrogens is 1080 g/mol. The highest BCUT2D eigenvalue weighted by molar-refractivity contribution is 5.85. The number of methoxy groups -OCH3 is 8. The van der Waals surface area contributed by atoms with Crippen molar-refractivity contribution in [3.8, 4) is 46.0 Å². The SMILES string of the molecule is COc1c(C)c(CNCCN(C/C=C(\C)CC/C=C(\C)CC/C=C(\C)CC/C=C(\C)CC/C=C(\C)CC/C=C(\C)CC/C=C(\C)CC/C=C(\C)CCC=C(C)C)Cc2c(C)c(OC)c(OC)c(OC)c2OC)c(OC)c(OC)c1OC.Cl.Cl. The molecule has 1 N–H and O–H groups in total. The molecule has 0 amide bonds. The van der Waals surface area contributed by atoms with Crippen molar-refractivity contribution in [2.45, 2.75) is 199 Å². The summed E-state index contributed by atoms with van der Waals surface area (Å²) < 4.78 is 46.6. The Balaban J connectivity index is 0.0000336. The van der Waals surface area contributed by atoms with E-state index in [4.69, 9.17) is 37.9 Å². The van der Waals surface area contributed by atoms with Gasteiger partial charge in [-0.05, 0) is 186 Å². The molecule has 83 heavy (non-hydrogen) atoms. The molecule has 470 valence electrons. The second-order valence-electron chi connectivity index (χ2n) is 22.4. The number of allylic oxidation sites excluding steroid dienone is 17. The number of nitrogens with zero attached hydrogens (tertiary/aromatic N) is 1. The van der Waals surface area contributed by atoms with Crippen molar-refractivity contribution in [1.29, 1.82) is 0 Å². The number of hydrogen-bond donors (Lipinski definition) is 1. The van der Waals surface area contributed by atoms with Crippen molar-refractivity contribution in [2.24, 2.45) is 0 Å². The predicted octanol–water partition coefficient (Wildman–Crippen LogP) is 19.6. The maximum atomic E-state index is 6.01. The van der Waals surface area contributed by atoms with Crippen molar-refractivity contribution in [2.75, 3.05) is 76.5 Å². The Morgan fingerprint density at radius 2 is 0.590 bits per heavy atom. The molecule has 0 aliphatic carbocycles. The van der Waals surface area contributed by atoms with Crippen LogP contribution in [0.15, 0.2) is 105 Å². The van der Waals surface area contributed by atoms with Crippen LogP contribution in [0.5, 0.6) is 46.0 Å². The lowest BCUT2D eigenvalue weighted by molar-refractivity contribution is 0.273. The maximum Gasteiger partial charge on any atom is 0.207 e. The van der Waals surface area contributed by atoms with E-state index in [0.717, 1.165) is 125 Å². The molecule has 2 rings (SSSR count). The van der Waals surface area contributed by atoms with Crippen LogP contribution >= 0.6 is 24.8 Å². The molecule has 2 aromatic carbocycles. The molecule has 0 saturated carbocycles. The fourth-order valence-electron chi connectivity index (χ4n) is 10.1. The van der Waals surface area contributed by atoms with E-state index in [1.165, 1.54) is 63.0 Å². The third-order valence-corrected chi connectivity index (χ3v) is 15.3. The molecule has 0 aliphatic rings. The Morgan fingerprint density at radius 3 is 0.880 bits per heavy atom. The molecule has 0 radical (unpaired) electrons. The molecule has 0 unspecified atom stereocenters. The lowest BCUT2D eigenvalue weighted by atomic mass is 10.0. The van der Waals surface area contributed by atoms with E-state index < -0.39 is 0 Å². The molecule has 12 heteroatoms. The number of benzene rings is 2. The van der Waals surface area contributed by atoms with Gasteiger partial charge in [-0.3, -0.25) is 4.90 Å². The number of rotatable bonds is 41. The Hall–Kier alpha value is -5.00. The first kappa shape index (κ1) is 78.0. The Morgan fingerprint density at radius 1 is 0.337 bits per heavy atom. The quantitative estimate of drug-likeness (QED) is 0.0513. The van der Waals surface area contributed by atoms with E-state index in [-0.39, 0.29) is 24.8 Å². The molecule has 10 nitrogen and oxygen atoms in total. The summed E-state index contributed by atoms with van der Waals surface area (Å²) in [5, 5.41) is 3.67. The number of ether oxygens (including phenoxy) is 8. The van der Waals surface area contributed by atoms with Crippen LogP contribution in [-0.2, 0) is 13.1 Å². The average molecular weight is 1190 g/mol. The summed E-state index contributed by atoms with van der Waals surface area (Å²) in [6.45, 7) is 30.0. The van der Waals surface area contributed by atoms with Gasteiger partial charge in [0.2, 0.25) is 23.0 Å². The Bertz CT molecular complexity index is 2520. The van der Waals surface area contributed by atoms with Gasteiger partial charge in [0, 0.05) is 55.0 Å². The van der Waals surface area contributed by atoms with Crippen LogP contribution in [0.25, 0.3) is 0 Å². The fourth-order valence-corrected chi connectivity index (χ4v) is 10.1. The summed E-state index contributed by atoms with van der Waals surface area (Å²) >= 11 is 0. The van der Waals surface area contributed by atoms with Gasteiger partial charge >= 0.3 is 0 Å². The van der Waals surface area contributed by atoms with Gasteiger partial charge in [-0.2, -0.15) is 0 Å². The minimum Gasteiger partial charge on any atom is -0.492 e. The highest BCUT2D eigenvalue weighted by Crippen LogP contribution is 2.51. The van der Waals surface area contributed by atoms with Gasteiger partial charge in [0.15, 0.2) is 23.0 Å².